The Bertz CT molecular complexity index is 1740. The highest BCUT2D eigenvalue weighted by Crippen LogP contribution is 2.50. The molecule has 15 nitrogen and oxygen atoms in total. The molecule has 2 aromatic rings. The highest BCUT2D eigenvalue weighted by molar-refractivity contribution is 6.84. The van der Waals surface area contributed by atoms with Gasteiger partial charge in [0.25, 0.3) is 0 Å². The molecule has 1 aliphatic carbocycles. The molecule has 59 heavy (non-hydrogen) atoms. The standard InChI is InChI=1S/C42H58O15Si2/c1-23(2)58(24(3)4)55-41-37(47)39(53-35(45)19-15-29-13-17-31(51-27(9)43)33(21-29)49-11)40(38(48)42(41)56-59(57-58,25(5)6)26(7)8)54-36(46)20-16-30-14-18-32(52-28(10)44)34(22-30)50-12/h13-26,37-42,47-48H,1-12H3/b19-15+,20-16+/t37-,38+,39-,40-,41+,42+/m1/s1. The lowest BCUT2D eigenvalue weighted by Crippen LogP contribution is -2.68. The van der Waals surface area contributed by atoms with Crippen LogP contribution in [0.1, 0.15) is 80.4 Å². The van der Waals surface area contributed by atoms with Crippen LogP contribution in [0.5, 0.6) is 23.0 Å². The smallest absolute Gasteiger partial charge is 0.335 e. The average molecular weight is 859 g/mol. The first kappa shape index (κ1) is 47.3. The molecule has 4 rings (SSSR count). The number of hydrogen-bond acceptors (Lipinski definition) is 15. The van der Waals surface area contributed by atoms with E-state index in [0.29, 0.717) is 11.1 Å². The second kappa shape index (κ2) is 19.8. The zero-order chi connectivity index (χ0) is 44.0. The van der Waals surface area contributed by atoms with Gasteiger partial charge in [0, 0.05) is 26.0 Å². The summed E-state index contributed by atoms with van der Waals surface area (Å²) in [5.41, 5.74) is 0.498. The van der Waals surface area contributed by atoms with Crippen LogP contribution in [-0.4, -0.2) is 102 Å². The Labute approximate surface area is 348 Å². The van der Waals surface area contributed by atoms with E-state index in [1.54, 1.807) is 24.3 Å². The fourth-order valence-electron chi connectivity index (χ4n) is 7.50. The lowest BCUT2D eigenvalue weighted by atomic mass is 9.84. The molecular weight excluding hydrogens is 801 g/mol. The van der Waals surface area contributed by atoms with E-state index in [0.717, 1.165) is 12.2 Å². The Morgan fingerprint density at radius 2 is 0.932 bits per heavy atom. The molecule has 0 bridgehead atoms. The predicted molar refractivity (Wildman–Crippen MR) is 221 cm³/mol. The highest BCUT2D eigenvalue weighted by Gasteiger charge is 2.66. The number of methoxy groups -OCH3 is 2. The number of carbonyl (C=O) groups is 4. The maximum atomic E-state index is 13.6. The van der Waals surface area contributed by atoms with E-state index in [4.69, 9.17) is 41.4 Å². The molecule has 1 saturated heterocycles. The Morgan fingerprint density at radius 3 is 1.22 bits per heavy atom. The minimum absolute atomic E-state index is 0.117. The number of aliphatic hydroxyl groups excluding tert-OH is 2. The molecule has 0 amide bonds. The van der Waals surface area contributed by atoms with Crippen LogP contribution in [0.25, 0.3) is 12.2 Å². The third kappa shape index (κ3) is 10.7. The SMILES string of the molecule is COc1cc(/C=C/C(=O)O[C@@H]2[C@@H](O)[C@@H]3O[Si](C(C)C)(C(C)C)O[Si](C(C)C)(C(C)C)O[C@H]3[C@@H](O)[C@H]2OC(=O)/C=C/c2ccc(OC(C)=O)c(OC)c2)ccc1OC(C)=O. The van der Waals surface area contributed by atoms with Crippen molar-refractivity contribution in [1.29, 1.82) is 0 Å². The first-order valence-electron chi connectivity index (χ1n) is 19.6. The van der Waals surface area contributed by atoms with Crippen molar-refractivity contribution in [3.63, 3.8) is 0 Å². The number of ether oxygens (including phenoxy) is 6. The summed E-state index contributed by atoms with van der Waals surface area (Å²) in [6.45, 7) is 18.5. The van der Waals surface area contributed by atoms with Gasteiger partial charge >= 0.3 is 41.0 Å². The van der Waals surface area contributed by atoms with Gasteiger partial charge in [0.05, 0.1) is 14.2 Å². The molecule has 2 aromatic carbocycles. The van der Waals surface area contributed by atoms with Crippen LogP contribution in [-0.2, 0) is 41.6 Å². The molecule has 2 N–H and O–H groups in total. The minimum Gasteiger partial charge on any atom is -0.493 e. The quantitative estimate of drug-likeness (QED) is 0.0949. The molecule has 0 aromatic heterocycles. The second-order valence-electron chi connectivity index (χ2n) is 15.8. The predicted octanol–water partition coefficient (Wildman–Crippen LogP) is 6.17. The van der Waals surface area contributed by atoms with Gasteiger partial charge in [-0.1, -0.05) is 67.5 Å². The van der Waals surface area contributed by atoms with Crippen LogP contribution >= 0.6 is 0 Å². The zero-order valence-corrected chi connectivity index (χ0v) is 37.7. The van der Waals surface area contributed by atoms with E-state index >= 15 is 0 Å². The third-order valence-electron chi connectivity index (χ3n) is 10.4. The first-order chi connectivity index (χ1) is 27.7. The van der Waals surface area contributed by atoms with E-state index in [-0.39, 0.29) is 45.2 Å². The molecule has 1 aliphatic heterocycles. The normalized spacial score (nSPS) is 23.9. The van der Waals surface area contributed by atoms with Crippen LogP contribution in [0.4, 0.5) is 0 Å². The van der Waals surface area contributed by atoms with Crippen LogP contribution in [0.15, 0.2) is 48.6 Å². The molecular formula is C42H58O15Si2. The number of esters is 4. The van der Waals surface area contributed by atoms with Gasteiger partial charge in [-0.3, -0.25) is 9.59 Å². The van der Waals surface area contributed by atoms with Gasteiger partial charge in [0.1, 0.15) is 24.4 Å². The highest BCUT2D eigenvalue weighted by atomic mass is 28.5. The molecule has 324 valence electrons. The van der Waals surface area contributed by atoms with E-state index in [1.807, 2.05) is 55.4 Å². The fraction of sp³-hybridized carbons (Fsp3) is 0.524. The number of fused-ring (bicyclic) bond motifs is 1. The van der Waals surface area contributed by atoms with E-state index in [9.17, 15) is 29.4 Å². The van der Waals surface area contributed by atoms with Gasteiger partial charge in [-0.15, -0.1) is 0 Å². The van der Waals surface area contributed by atoms with Crippen molar-refractivity contribution in [2.45, 2.75) is 128 Å². The van der Waals surface area contributed by atoms with Crippen LogP contribution in [0.3, 0.4) is 0 Å². The molecule has 2 fully saturated rings. The van der Waals surface area contributed by atoms with Crippen LogP contribution in [0.2, 0.25) is 22.2 Å². The van der Waals surface area contributed by atoms with Crippen molar-refractivity contribution < 1.29 is 70.8 Å². The fourth-order valence-corrected chi connectivity index (χ4v) is 18.8. The number of carbonyl (C=O) groups excluding carboxylic acids is 4. The Balaban J connectivity index is 1.75. The van der Waals surface area contributed by atoms with E-state index in [1.165, 1.54) is 52.4 Å². The summed E-state index contributed by atoms with van der Waals surface area (Å²) in [5, 5.41) is 24.5. The van der Waals surface area contributed by atoms with Gasteiger partial charge in [-0.05, 0) is 69.7 Å². The largest absolute Gasteiger partial charge is 0.493 e. The van der Waals surface area contributed by atoms with Crippen molar-refractivity contribution >= 4 is 53.2 Å². The lowest BCUT2D eigenvalue weighted by molar-refractivity contribution is -0.232. The summed E-state index contributed by atoms with van der Waals surface area (Å²) in [4.78, 5) is 50.2. The second-order valence-corrected chi connectivity index (χ2v) is 24.6. The number of aliphatic hydroxyl groups is 2. The van der Waals surface area contributed by atoms with Crippen molar-refractivity contribution in [3.05, 3.63) is 59.7 Å². The first-order valence-corrected chi connectivity index (χ1v) is 23.6. The number of hydrogen-bond donors (Lipinski definition) is 2. The Hall–Kier alpha value is -4.37. The van der Waals surface area contributed by atoms with Gasteiger partial charge in [-0.25, -0.2) is 9.59 Å². The van der Waals surface area contributed by atoms with Crippen LogP contribution < -0.4 is 18.9 Å². The maximum Gasteiger partial charge on any atom is 0.335 e. The summed E-state index contributed by atoms with van der Waals surface area (Å²) in [5.74, 6) is -2.10. The monoisotopic (exact) mass is 858 g/mol. The van der Waals surface area contributed by atoms with Gasteiger partial charge in [0.15, 0.2) is 35.2 Å². The minimum atomic E-state index is -3.30. The molecule has 0 spiro atoms. The topological polar surface area (TPSA) is 192 Å². The summed E-state index contributed by atoms with van der Waals surface area (Å²) in [6.07, 6.45) is -4.00. The number of benzene rings is 2. The van der Waals surface area contributed by atoms with Crippen molar-refractivity contribution in [3.8, 4) is 23.0 Å². The molecule has 0 unspecified atom stereocenters. The zero-order valence-electron chi connectivity index (χ0n) is 35.7. The molecule has 0 radical (unpaired) electrons. The molecule has 6 atom stereocenters. The Morgan fingerprint density at radius 1 is 0.593 bits per heavy atom. The third-order valence-corrected chi connectivity index (χ3v) is 20.7. The summed E-state index contributed by atoms with van der Waals surface area (Å²) >= 11 is 0. The van der Waals surface area contributed by atoms with Crippen LogP contribution in [0, 0.1) is 0 Å². The molecule has 2 aliphatic rings. The van der Waals surface area contributed by atoms with Crippen molar-refractivity contribution in [2.75, 3.05) is 14.2 Å². The Kier molecular flexibility index (Phi) is 15.9. The number of rotatable bonds is 14. The van der Waals surface area contributed by atoms with Crippen molar-refractivity contribution in [1.82, 2.24) is 0 Å². The van der Waals surface area contributed by atoms with Crippen molar-refractivity contribution in [2.24, 2.45) is 0 Å². The molecule has 1 heterocycles. The summed E-state index contributed by atoms with van der Waals surface area (Å²) in [6, 6.07) is 9.26. The maximum absolute atomic E-state index is 13.6. The molecule has 17 heteroatoms. The van der Waals surface area contributed by atoms with Gasteiger partial charge in [-0.2, -0.15) is 0 Å². The summed E-state index contributed by atoms with van der Waals surface area (Å²) in [7, 11) is -3.79. The molecule has 1 saturated carbocycles. The van der Waals surface area contributed by atoms with Gasteiger partial charge < -0.3 is 51.6 Å². The average Bonchev–Trinajstić information content (AvgIpc) is 3.35. The van der Waals surface area contributed by atoms with Gasteiger partial charge in [0.2, 0.25) is 0 Å². The van der Waals surface area contributed by atoms with E-state index in [2.05, 4.69) is 0 Å². The lowest BCUT2D eigenvalue weighted by Gasteiger charge is -2.47. The summed E-state index contributed by atoms with van der Waals surface area (Å²) < 4.78 is 53.8. The van der Waals surface area contributed by atoms with E-state index < -0.39 is 77.6 Å².